The first-order valence-corrected chi connectivity index (χ1v) is 8.42. The van der Waals surface area contributed by atoms with E-state index >= 15 is 0 Å². The Morgan fingerprint density at radius 1 is 1.45 bits per heavy atom. The van der Waals surface area contributed by atoms with Gasteiger partial charge in [-0.15, -0.1) is 0 Å². The molecular formula is C17H29N3O2. The van der Waals surface area contributed by atoms with Gasteiger partial charge in [0, 0.05) is 19.3 Å². The maximum atomic E-state index is 12.5. The number of piperidine rings is 1. The summed E-state index contributed by atoms with van der Waals surface area (Å²) >= 11 is 0. The van der Waals surface area contributed by atoms with E-state index in [0.717, 1.165) is 38.1 Å². The van der Waals surface area contributed by atoms with Gasteiger partial charge in [0.25, 0.3) is 0 Å². The smallest absolute Gasteiger partial charge is 0.225 e. The Balaban J connectivity index is 1.84. The van der Waals surface area contributed by atoms with E-state index in [4.69, 9.17) is 4.74 Å². The molecule has 1 atom stereocenters. The number of rotatable bonds is 7. The zero-order chi connectivity index (χ0) is 15.9. The third kappa shape index (κ3) is 5.13. The predicted octanol–water partition coefficient (Wildman–Crippen LogP) is 2.64. The average molecular weight is 307 g/mol. The average Bonchev–Trinajstić information content (AvgIpc) is 2.89. The van der Waals surface area contributed by atoms with E-state index in [1.165, 1.54) is 6.42 Å². The quantitative estimate of drug-likeness (QED) is 0.728. The number of amides is 1. The number of carbonyl (C=O) groups is 1. The highest BCUT2D eigenvalue weighted by Gasteiger charge is 2.26. The molecule has 0 bridgehead atoms. The van der Waals surface area contributed by atoms with Crippen molar-refractivity contribution < 1.29 is 9.53 Å². The number of ether oxygens (including phenoxy) is 1. The monoisotopic (exact) mass is 307 g/mol. The Morgan fingerprint density at radius 2 is 2.27 bits per heavy atom. The molecule has 0 aromatic carbocycles. The molecule has 0 aliphatic carbocycles. The molecule has 0 spiro atoms. The fourth-order valence-corrected chi connectivity index (χ4v) is 2.92. The molecule has 0 radical (unpaired) electrons. The zero-order valence-electron chi connectivity index (χ0n) is 14.1. The van der Waals surface area contributed by atoms with Crippen LogP contribution in [0.4, 0.5) is 0 Å². The molecule has 1 unspecified atom stereocenters. The van der Waals surface area contributed by atoms with Crippen LogP contribution in [0.3, 0.4) is 0 Å². The van der Waals surface area contributed by atoms with Gasteiger partial charge in [-0.25, -0.2) is 0 Å². The summed E-state index contributed by atoms with van der Waals surface area (Å²) in [7, 11) is 0. The summed E-state index contributed by atoms with van der Waals surface area (Å²) < 4.78 is 7.51. The van der Waals surface area contributed by atoms with Crippen molar-refractivity contribution in [1.29, 1.82) is 0 Å². The lowest BCUT2D eigenvalue weighted by Crippen LogP contribution is -2.46. The Bertz CT molecular complexity index is 470. The number of nitrogens with zero attached hydrogens (tertiary/aromatic N) is 3. The molecule has 5 heteroatoms. The lowest BCUT2D eigenvalue weighted by Gasteiger charge is -2.35. The van der Waals surface area contributed by atoms with Crippen LogP contribution >= 0.6 is 0 Å². The molecule has 22 heavy (non-hydrogen) atoms. The number of hydrogen-bond donors (Lipinski definition) is 0. The van der Waals surface area contributed by atoms with E-state index in [9.17, 15) is 4.79 Å². The minimum absolute atomic E-state index is 0.220. The van der Waals surface area contributed by atoms with Gasteiger partial charge in [0.15, 0.2) is 0 Å². The van der Waals surface area contributed by atoms with Gasteiger partial charge in [0.1, 0.15) is 0 Å². The predicted molar refractivity (Wildman–Crippen MR) is 86.6 cm³/mol. The Labute approximate surface area is 133 Å². The number of likely N-dealkylation sites (tertiary alicyclic amines) is 1. The highest BCUT2D eigenvalue weighted by atomic mass is 16.5. The molecule has 1 fully saturated rings. The summed E-state index contributed by atoms with van der Waals surface area (Å²) in [6.45, 7) is 9.20. The van der Waals surface area contributed by atoms with Crippen LogP contribution < -0.4 is 0 Å². The van der Waals surface area contributed by atoms with Gasteiger partial charge in [0.05, 0.1) is 31.8 Å². The Hall–Kier alpha value is -1.36. The standard InChI is InChI=1S/C17H29N3O2/c1-14(2)13-22-9-7-17(21)20-8-5-4-6-16(20)12-19-11-15(3)10-18-19/h10-11,14,16H,4-9,12-13H2,1-3H3. The largest absolute Gasteiger partial charge is 0.381 e. The zero-order valence-corrected chi connectivity index (χ0v) is 14.1. The van der Waals surface area contributed by atoms with E-state index in [1.54, 1.807) is 0 Å². The second-order valence-corrected chi connectivity index (χ2v) is 6.70. The molecule has 1 amide bonds. The van der Waals surface area contributed by atoms with Gasteiger partial charge in [-0.05, 0) is 37.7 Å². The summed E-state index contributed by atoms with van der Waals surface area (Å²) in [4.78, 5) is 14.5. The summed E-state index contributed by atoms with van der Waals surface area (Å²) in [6.07, 6.45) is 7.77. The van der Waals surface area contributed by atoms with Crippen molar-refractivity contribution in [1.82, 2.24) is 14.7 Å². The van der Waals surface area contributed by atoms with Crippen LogP contribution in [-0.2, 0) is 16.1 Å². The Morgan fingerprint density at radius 3 is 2.95 bits per heavy atom. The van der Waals surface area contributed by atoms with Crippen LogP contribution in [0.25, 0.3) is 0 Å². The maximum Gasteiger partial charge on any atom is 0.225 e. The third-order valence-electron chi connectivity index (χ3n) is 4.02. The fraction of sp³-hybridized carbons (Fsp3) is 0.765. The van der Waals surface area contributed by atoms with Gasteiger partial charge in [-0.2, -0.15) is 5.10 Å². The molecule has 0 saturated carbocycles. The normalized spacial score (nSPS) is 18.9. The molecule has 2 rings (SSSR count). The van der Waals surface area contributed by atoms with Crippen molar-refractivity contribution >= 4 is 5.91 Å². The van der Waals surface area contributed by atoms with Gasteiger partial charge >= 0.3 is 0 Å². The lowest BCUT2D eigenvalue weighted by molar-refractivity contribution is -0.136. The van der Waals surface area contributed by atoms with Crippen LogP contribution in [0.15, 0.2) is 12.4 Å². The summed E-state index contributed by atoms with van der Waals surface area (Å²) in [5.41, 5.74) is 1.16. The first-order chi connectivity index (χ1) is 10.6. The van der Waals surface area contributed by atoms with Crippen molar-refractivity contribution in [2.24, 2.45) is 5.92 Å². The van der Waals surface area contributed by atoms with E-state index in [0.29, 0.717) is 18.9 Å². The van der Waals surface area contributed by atoms with Crippen LogP contribution in [0.1, 0.15) is 45.1 Å². The van der Waals surface area contributed by atoms with Crippen molar-refractivity contribution in [3.63, 3.8) is 0 Å². The van der Waals surface area contributed by atoms with Gasteiger partial charge in [0.2, 0.25) is 5.91 Å². The minimum atomic E-state index is 0.220. The molecule has 0 N–H and O–H groups in total. The first kappa shape index (κ1) is 17.0. The highest BCUT2D eigenvalue weighted by molar-refractivity contribution is 5.76. The molecule has 124 valence electrons. The van der Waals surface area contributed by atoms with Crippen molar-refractivity contribution in [2.45, 2.75) is 59.0 Å². The number of aromatic nitrogens is 2. The van der Waals surface area contributed by atoms with Crippen molar-refractivity contribution in [3.8, 4) is 0 Å². The molecule has 2 heterocycles. The summed E-state index contributed by atoms with van der Waals surface area (Å²) in [5, 5.41) is 4.35. The van der Waals surface area contributed by atoms with Gasteiger partial charge in [-0.3, -0.25) is 9.48 Å². The SMILES string of the molecule is Cc1cnn(CC2CCCCN2C(=O)CCOCC(C)C)c1. The van der Waals surface area contributed by atoms with E-state index in [2.05, 4.69) is 18.9 Å². The molecule has 1 aromatic heterocycles. The highest BCUT2D eigenvalue weighted by Crippen LogP contribution is 2.19. The van der Waals surface area contributed by atoms with Crippen molar-refractivity contribution in [3.05, 3.63) is 18.0 Å². The van der Waals surface area contributed by atoms with Gasteiger partial charge < -0.3 is 9.64 Å². The summed E-state index contributed by atoms with van der Waals surface area (Å²) in [6, 6.07) is 0.269. The number of carbonyl (C=O) groups excluding carboxylic acids is 1. The third-order valence-corrected chi connectivity index (χ3v) is 4.02. The molecule has 1 aromatic rings. The van der Waals surface area contributed by atoms with E-state index < -0.39 is 0 Å². The van der Waals surface area contributed by atoms with Crippen molar-refractivity contribution in [2.75, 3.05) is 19.8 Å². The summed E-state index contributed by atoms with van der Waals surface area (Å²) in [5.74, 6) is 0.734. The molecule has 1 aliphatic heterocycles. The number of hydrogen-bond acceptors (Lipinski definition) is 3. The molecule has 1 saturated heterocycles. The second kappa shape index (κ2) is 8.32. The molecular weight excluding hydrogens is 278 g/mol. The lowest BCUT2D eigenvalue weighted by atomic mass is 10.0. The number of aryl methyl sites for hydroxylation is 1. The van der Waals surface area contributed by atoms with Gasteiger partial charge in [-0.1, -0.05) is 13.8 Å². The maximum absolute atomic E-state index is 12.5. The fourth-order valence-electron chi connectivity index (χ4n) is 2.92. The molecule has 5 nitrogen and oxygen atoms in total. The topological polar surface area (TPSA) is 47.4 Å². The minimum Gasteiger partial charge on any atom is -0.381 e. The van der Waals surface area contributed by atoms with Crippen LogP contribution in [0.5, 0.6) is 0 Å². The second-order valence-electron chi connectivity index (χ2n) is 6.70. The van der Waals surface area contributed by atoms with Crippen LogP contribution in [0.2, 0.25) is 0 Å². The molecule has 1 aliphatic rings. The Kier molecular flexibility index (Phi) is 6.43. The van der Waals surface area contributed by atoms with Crippen LogP contribution in [0, 0.1) is 12.8 Å². The van der Waals surface area contributed by atoms with E-state index in [-0.39, 0.29) is 11.9 Å². The van der Waals surface area contributed by atoms with E-state index in [1.807, 2.05) is 28.9 Å². The first-order valence-electron chi connectivity index (χ1n) is 8.42. The van der Waals surface area contributed by atoms with Crippen LogP contribution in [-0.4, -0.2) is 46.4 Å².